The van der Waals surface area contributed by atoms with Gasteiger partial charge < -0.3 is 9.59 Å². The fourth-order valence-corrected chi connectivity index (χ4v) is 0.431. The molecular formula is C6H14NO2+. The summed E-state index contributed by atoms with van der Waals surface area (Å²) in [6, 6.07) is 0. The van der Waals surface area contributed by atoms with Crippen molar-refractivity contribution in [1.29, 1.82) is 0 Å². The van der Waals surface area contributed by atoms with Gasteiger partial charge in [0.1, 0.15) is 0 Å². The molecule has 0 bridgehead atoms. The van der Waals surface area contributed by atoms with E-state index in [2.05, 4.69) is 0 Å². The van der Waals surface area contributed by atoms with E-state index >= 15 is 0 Å². The van der Waals surface area contributed by atoms with Crippen LogP contribution < -0.4 is 0 Å². The van der Waals surface area contributed by atoms with Crippen LogP contribution in [0.15, 0.2) is 0 Å². The van der Waals surface area contributed by atoms with Crippen LogP contribution in [0, 0.1) is 0 Å². The Morgan fingerprint density at radius 1 is 1.44 bits per heavy atom. The molecule has 0 amide bonds. The Kier molecular flexibility index (Phi) is 2.65. The van der Waals surface area contributed by atoms with Crippen molar-refractivity contribution in [3.63, 3.8) is 0 Å². The van der Waals surface area contributed by atoms with Crippen LogP contribution >= 0.6 is 0 Å². The molecule has 0 aromatic rings. The lowest BCUT2D eigenvalue weighted by Gasteiger charge is -2.22. The summed E-state index contributed by atoms with van der Waals surface area (Å²) in [7, 11) is 5.93. The van der Waals surface area contributed by atoms with Crippen molar-refractivity contribution in [2.24, 2.45) is 0 Å². The van der Waals surface area contributed by atoms with Gasteiger partial charge in [-0.2, -0.15) is 0 Å². The first-order valence-electron chi connectivity index (χ1n) is 2.94. The van der Waals surface area contributed by atoms with Crippen LogP contribution in [0.1, 0.15) is 6.42 Å². The summed E-state index contributed by atoms with van der Waals surface area (Å²) in [5, 5.41) is 8.27. The number of hydrogen-bond acceptors (Lipinski definition) is 1. The predicted octanol–water partition coefficient (Wildman–Crippen LogP) is 0.167. The molecule has 0 saturated heterocycles. The Labute approximate surface area is 55.5 Å². The molecule has 0 aliphatic carbocycles. The third-order valence-corrected chi connectivity index (χ3v) is 0.996. The number of hydrogen-bond donors (Lipinski definition) is 1. The normalized spacial score (nSPS) is 11.4. The first kappa shape index (κ1) is 8.43. The molecule has 0 radical (unpaired) electrons. The Morgan fingerprint density at radius 2 is 1.89 bits per heavy atom. The SMILES string of the molecule is C[N+](C)(C)CCC(=O)O. The number of carboxylic acid groups (broad SMARTS) is 1. The van der Waals surface area contributed by atoms with Gasteiger partial charge in [-0.25, -0.2) is 0 Å². The molecular weight excluding hydrogens is 118 g/mol. The van der Waals surface area contributed by atoms with Crippen LogP contribution in [-0.4, -0.2) is 43.2 Å². The van der Waals surface area contributed by atoms with Crippen LogP contribution in [0.5, 0.6) is 0 Å². The first-order chi connectivity index (χ1) is 3.92. The van der Waals surface area contributed by atoms with Crippen molar-refractivity contribution in [2.45, 2.75) is 6.42 Å². The highest BCUT2D eigenvalue weighted by molar-refractivity contribution is 5.66. The van der Waals surface area contributed by atoms with Crippen LogP contribution in [-0.2, 0) is 4.79 Å². The van der Waals surface area contributed by atoms with Gasteiger partial charge in [0.2, 0.25) is 0 Å². The molecule has 0 atom stereocenters. The third-order valence-electron chi connectivity index (χ3n) is 0.996. The van der Waals surface area contributed by atoms with Gasteiger partial charge in [0.15, 0.2) is 0 Å². The summed E-state index contributed by atoms with van der Waals surface area (Å²) in [4.78, 5) is 10.0. The Hall–Kier alpha value is -0.570. The molecule has 0 heterocycles. The summed E-state index contributed by atoms with van der Waals surface area (Å²) in [5.41, 5.74) is 0. The van der Waals surface area contributed by atoms with Gasteiger partial charge in [0.25, 0.3) is 0 Å². The molecule has 0 rings (SSSR count). The highest BCUT2D eigenvalue weighted by Gasteiger charge is 2.08. The quantitative estimate of drug-likeness (QED) is 0.556. The van der Waals surface area contributed by atoms with Gasteiger partial charge in [0, 0.05) is 0 Å². The molecule has 0 spiro atoms. The van der Waals surface area contributed by atoms with Crippen LogP contribution in [0.25, 0.3) is 0 Å². The topological polar surface area (TPSA) is 37.3 Å². The van der Waals surface area contributed by atoms with Gasteiger partial charge in [0.05, 0.1) is 34.1 Å². The molecule has 0 saturated carbocycles. The van der Waals surface area contributed by atoms with E-state index in [1.807, 2.05) is 21.1 Å². The summed E-state index contributed by atoms with van der Waals surface area (Å²) in [6.07, 6.45) is 0.253. The summed E-state index contributed by atoms with van der Waals surface area (Å²) in [6.45, 7) is 0.690. The maximum absolute atomic E-state index is 10.0. The second kappa shape index (κ2) is 2.82. The molecule has 0 fully saturated rings. The second-order valence-corrected chi connectivity index (χ2v) is 3.16. The van der Waals surface area contributed by atoms with Gasteiger partial charge in [-0.15, -0.1) is 0 Å². The van der Waals surface area contributed by atoms with Gasteiger partial charge in [-0.05, 0) is 0 Å². The Morgan fingerprint density at radius 3 is 2.00 bits per heavy atom. The predicted molar refractivity (Wildman–Crippen MR) is 35.2 cm³/mol. The van der Waals surface area contributed by atoms with E-state index < -0.39 is 5.97 Å². The fraction of sp³-hybridized carbons (Fsp3) is 0.833. The monoisotopic (exact) mass is 132 g/mol. The van der Waals surface area contributed by atoms with Crippen molar-refractivity contribution in [3.8, 4) is 0 Å². The highest BCUT2D eigenvalue weighted by atomic mass is 16.4. The van der Waals surface area contributed by atoms with Crippen molar-refractivity contribution >= 4 is 5.97 Å². The van der Waals surface area contributed by atoms with Crippen molar-refractivity contribution < 1.29 is 14.4 Å². The lowest BCUT2D eigenvalue weighted by Crippen LogP contribution is -2.36. The maximum atomic E-state index is 10.0. The summed E-state index contributed by atoms with van der Waals surface area (Å²) < 4.78 is 0.715. The summed E-state index contributed by atoms with van der Waals surface area (Å²) >= 11 is 0. The smallest absolute Gasteiger partial charge is 0.309 e. The number of quaternary nitrogens is 1. The van der Waals surface area contributed by atoms with E-state index in [4.69, 9.17) is 5.11 Å². The zero-order valence-electron chi connectivity index (χ0n) is 6.22. The van der Waals surface area contributed by atoms with Gasteiger partial charge >= 0.3 is 5.97 Å². The van der Waals surface area contributed by atoms with Crippen molar-refractivity contribution in [2.75, 3.05) is 27.7 Å². The van der Waals surface area contributed by atoms with E-state index in [-0.39, 0.29) is 6.42 Å². The number of aliphatic carboxylic acids is 1. The van der Waals surface area contributed by atoms with E-state index in [0.717, 1.165) is 0 Å². The van der Waals surface area contributed by atoms with Gasteiger partial charge in [-0.3, -0.25) is 4.79 Å². The Balaban J connectivity index is 3.39. The zero-order chi connectivity index (χ0) is 7.49. The molecule has 54 valence electrons. The van der Waals surface area contributed by atoms with E-state index in [9.17, 15) is 4.79 Å². The largest absolute Gasteiger partial charge is 0.481 e. The minimum absolute atomic E-state index is 0.253. The lowest BCUT2D eigenvalue weighted by atomic mass is 10.4. The minimum atomic E-state index is -0.719. The Bertz CT molecular complexity index is 104. The number of carbonyl (C=O) groups is 1. The third kappa shape index (κ3) is 7.43. The molecule has 0 aromatic carbocycles. The molecule has 3 nitrogen and oxygen atoms in total. The highest BCUT2D eigenvalue weighted by Crippen LogP contribution is 1.92. The number of carboxylic acids is 1. The molecule has 0 aliphatic rings. The molecule has 0 aromatic heterocycles. The van der Waals surface area contributed by atoms with Crippen LogP contribution in [0.2, 0.25) is 0 Å². The van der Waals surface area contributed by atoms with Crippen LogP contribution in [0.3, 0.4) is 0 Å². The van der Waals surface area contributed by atoms with E-state index in [1.54, 1.807) is 0 Å². The van der Waals surface area contributed by atoms with E-state index in [0.29, 0.717) is 11.0 Å². The maximum Gasteiger partial charge on any atom is 0.309 e. The first-order valence-corrected chi connectivity index (χ1v) is 2.94. The molecule has 9 heavy (non-hydrogen) atoms. The minimum Gasteiger partial charge on any atom is -0.481 e. The molecule has 1 N–H and O–H groups in total. The number of rotatable bonds is 3. The van der Waals surface area contributed by atoms with Gasteiger partial charge in [-0.1, -0.05) is 0 Å². The molecule has 0 unspecified atom stereocenters. The standard InChI is InChI=1S/C6H13NO2/c1-7(2,3)5-4-6(8)9/h4-5H2,1-3H3/p+1. The van der Waals surface area contributed by atoms with E-state index in [1.165, 1.54) is 0 Å². The summed E-state index contributed by atoms with van der Waals surface area (Å²) in [5.74, 6) is -0.719. The van der Waals surface area contributed by atoms with Crippen molar-refractivity contribution in [3.05, 3.63) is 0 Å². The zero-order valence-corrected chi connectivity index (χ0v) is 6.22. The fourth-order valence-electron chi connectivity index (χ4n) is 0.431. The average molecular weight is 132 g/mol. The second-order valence-electron chi connectivity index (χ2n) is 3.16. The van der Waals surface area contributed by atoms with Crippen LogP contribution in [0.4, 0.5) is 0 Å². The molecule has 0 aliphatic heterocycles. The average Bonchev–Trinajstić information content (AvgIpc) is 1.59. The van der Waals surface area contributed by atoms with Crippen molar-refractivity contribution in [1.82, 2.24) is 0 Å². The molecule has 3 heteroatoms. The number of nitrogens with zero attached hydrogens (tertiary/aromatic N) is 1. The lowest BCUT2D eigenvalue weighted by molar-refractivity contribution is -0.869.